The minimum atomic E-state index is -4.11. The summed E-state index contributed by atoms with van der Waals surface area (Å²) in [4.78, 5) is 63.3. The molecule has 4 amide bonds. The van der Waals surface area contributed by atoms with Gasteiger partial charge in [-0.3, -0.25) is 24.0 Å². The summed E-state index contributed by atoms with van der Waals surface area (Å²) in [5.74, 6) is -6.72. The summed E-state index contributed by atoms with van der Waals surface area (Å²) >= 11 is 0. The Balaban J connectivity index is 1.42. The molecule has 0 bridgehead atoms. The number of pyridine rings is 1. The number of carbonyl (C=O) groups excluding carboxylic acids is 3. The number of nitrogens with one attached hydrogen (secondary N) is 2. The number of carbonyl (C=O) groups is 4. The molecule has 62 heavy (non-hydrogen) atoms. The van der Waals surface area contributed by atoms with E-state index in [4.69, 9.17) is 18.9 Å². The van der Waals surface area contributed by atoms with E-state index in [0.29, 0.717) is 66.4 Å². The summed E-state index contributed by atoms with van der Waals surface area (Å²) in [5, 5.41) is 14.5. The number of halogens is 2. The summed E-state index contributed by atoms with van der Waals surface area (Å²) in [5.41, 5.74) is -4.08. The van der Waals surface area contributed by atoms with Gasteiger partial charge in [0.25, 0.3) is 11.8 Å². The molecule has 0 radical (unpaired) electrons. The summed E-state index contributed by atoms with van der Waals surface area (Å²) < 4.78 is 81.5. The van der Waals surface area contributed by atoms with Crippen molar-refractivity contribution in [1.29, 1.82) is 0 Å². The molecule has 1 aromatic carbocycles. The number of benzene rings is 1. The first-order chi connectivity index (χ1) is 29.0. The number of hydrogen-bond donors (Lipinski definition) is 3. The second-order valence-electron chi connectivity index (χ2n) is 18.2. The summed E-state index contributed by atoms with van der Waals surface area (Å²) in [6.45, 7) is 8.03. The van der Waals surface area contributed by atoms with Crippen molar-refractivity contribution in [1.82, 2.24) is 24.8 Å². The molecule has 2 aromatic rings. The number of nitrogens with zero attached hydrogens (tertiary/aromatic N) is 3. The van der Waals surface area contributed by atoms with Crippen LogP contribution in [0.3, 0.4) is 0 Å². The number of alkyl halides is 2. The van der Waals surface area contributed by atoms with Gasteiger partial charge < -0.3 is 34.3 Å². The van der Waals surface area contributed by atoms with Gasteiger partial charge in [-0.05, 0) is 89.3 Å². The third kappa shape index (κ3) is 9.15. The maximum Gasteiger partial charge on any atom is 0.408 e. The van der Waals surface area contributed by atoms with Crippen molar-refractivity contribution in [3.05, 3.63) is 36.5 Å². The number of allylic oxidation sites excluding steroid dienone is 1. The molecule has 3 N–H and O–H groups in total. The van der Waals surface area contributed by atoms with E-state index in [1.165, 1.54) is 27.3 Å². The fourth-order valence-electron chi connectivity index (χ4n) is 8.56. The lowest BCUT2D eigenvalue weighted by Gasteiger charge is -2.47. The Hall–Kier alpha value is -4.78. The van der Waals surface area contributed by atoms with Gasteiger partial charge >= 0.3 is 6.09 Å². The molecule has 2 aliphatic heterocycles. The Morgan fingerprint density at radius 2 is 1.81 bits per heavy atom. The lowest BCUT2D eigenvalue weighted by Crippen LogP contribution is -2.66. The number of aromatic nitrogens is 1. The van der Waals surface area contributed by atoms with Crippen LogP contribution >= 0.6 is 0 Å². The highest BCUT2D eigenvalue weighted by atomic mass is 32.2. The Kier molecular flexibility index (Phi) is 13.1. The Morgan fingerprint density at radius 1 is 1.10 bits per heavy atom. The van der Waals surface area contributed by atoms with E-state index in [0.717, 1.165) is 18.7 Å². The molecule has 0 spiro atoms. The first kappa shape index (κ1) is 46.7. The fraction of sp³-hybridized carbons (Fsp3) is 0.651. The van der Waals surface area contributed by atoms with Crippen LogP contribution in [0.15, 0.2) is 36.5 Å². The van der Waals surface area contributed by atoms with Gasteiger partial charge in [0.2, 0.25) is 27.7 Å². The largest absolute Gasteiger partial charge is 0.497 e. The molecule has 1 aromatic heterocycles. The molecule has 3 fully saturated rings. The molecular formula is C43H59F2N5O11S. The molecule has 1 saturated heterocycles. The molecule has 16 nitrogen and oxygen atoms in total. The number of ether oxygens (including phenoxy) is 4. The van der Waals surface area contributed by atoms with Crippen LogP contribution in [0, 0.1) is 17.8 Å². The second-order valence-corrected chi connectivity index (χ2v) is 20.4. The van der Waals surface area contributed by atoms with E-state index in [-0.39, 0.29) is 44.2 Å². The van der Waals surface area contributed by atoms with Crippen molar-refractivity contribution in [2.75, 3.05) is 34.0 Å². The SMILES string of the molecule is COCCOc1cnc(O[C@@H]2C[C@H]3C(=O)N[C@]4(C(=O)NS(=O)(=O)C5(C)CC5)C[C@H]4/C=C\CC[C@H](C)C[C@@H](C)[C@H](N(C(=O)O)C(C)(C)C(C)(F)F)C(=O)N3C2)c2ccc(OC)cc12. The van der Waals surface area contributed by atoms with E-state index < -0.39 is 85.6 Å². The first-order valence-electron chi connectivity index (χ1n) is 21.0. The van der Waals surface area contributed by atoms with Crippen LogP contribution < -0.4 is 24.2 Å². The van der Waals surface area contributed by atoms with E-state index >= 15 is 13.6 Å². The van der Waals surface area contributed by atoms with Gasteiger partial charge in [0, 0.05) is 37.1 Å². The van der Waals surface area contributed by atoms with E-state index in [2.05, 4.69) is 15.0 Å². The van der Waals surface area contributed by atoms with Gasteiger partial charge in [-0.15, -0.1) is 0 Å². The second kappa shape index (κ2) is 17.4. The Labute approximate surface area is 361 Å². The highest BCUT2D eigenvalue weighted by molar-refractivity contribution is 7.91. The van der Waals surface area contributed by atoms with Gasteiger partial charge in [0.15, 0.2) is 0 Å². The molecule has 3 heterocycles. The van der Waals surface area contributed by atoms with Crippen molar-refractivity contribution < 1.29 is 60.4 Å². The number of rotatable bonds is 13. The maximum atomic E-state index is 15.4. The highest BCUT2D eigenvalue weighted by Crippen LogP contribution is 2.48. The highest BCUT2D eigenvalue weighted by Gasteiger charge is 2.63. The Morgan fingerprint density at radius 3 is 2.44 bits per heavy atom. The van der Waals surface area contributed by atoms with Crippen molar-refractivity contribution in [2.24, 2.45) is 17.8 Å². The molecule has 7 atom stereocenters. The van der Waals surface area contributed by atoms with Crippen LogP contribution in [-0.2, 0) is 29.1 Å². The predicted molar refractivity (Wildman–Crippen MR) is 224 cm³/mol. The topological polar surface area (TPSA) is 203 Å². The Bertz CT molecular complexity index is 2200. The number of sulfonamides is 1. The number of fused-ring (bicyclic) bond motifs is 3. The van der Waals surface area contributed by atoms with E-state index in [9.17, 15) is 27.9 Å². The minimum absolute atomic E-state index is 0.0772. The fourth-order valence-corrected chi connectivity index (χ4v) is 9.87. The van der Waals surface area contributed by atoms with Crippen molar-refractivity contribution in [2.45, 2.75) is 126 Å². The van der Waals surface area contributed by atoms with Gasteiger partial charge in [-0.25, -0.2) is 27.0 Å². The van der Waals surface area contributed by atoms with Crippen molar-refractivity contribution in [3.8, 4) is 17.4 Å². The lowest BCUT2D eigenvalue weighted by atomic mass is 9.84. The van der Waals surface area contributed by atoms with Gasteiger partial charge in [-0.1, -0.05) is 26.0 Å². The van der Waals surface area contributed by atoms with Crippen LogP contribution in [-0.4, -0.2) is 126 Å². The van der Waals surface area contributed by atoms with E-state index in [1.807, 2.05) is 13.0 Å². The zero-order chi connectivity index (χ0) is 45.6. The van der Waals surface area contributed by atoms with Gasteiger partial charge in [-0.2, -0.15) is 0 Å². The first-order valence-corrected chi connectivity index (χ1v) is 22.5. The quantitative estimate of drug-likeness (QED) is 0.174. The molecule has 4 aliphatic rings. The molecule has 0 unspecified atom stereocenters. The number of methoxy groups -OCH3 is 2. The molecule has 2 aliphatic carbocycles. The normalized spacial score (nSPS) is 28.3. The number of amides is 4. The van der Waals surface area contributed by atoms with Crippen LogP contribution in [0.4, 0.5) is 13.6 Å². The lowest BCUT2D eigenvalue weighted by molar-refractivity contribution is -0.156. The molecule has 342 valence electrons. The molecular weight excluding hydrogens is 833 g/mol. The number of hydrogen-bond acceptors (Lipinski definition) is 11. The minimum Gasteiger partial charge on any atom is -0.497 e. The summed E-state index contributed by atoms with van der Waals surface area (Å²) in [6.07, 6.45) is 4.35. The van der Waals surface area contributed by atoms with Gasteiger partial charge in [0.1, 0.15) is 47.4 Å². The molecule has 19 heteroatoms. The zero-order valence-corrected chi connectivity index (χ0v) is 37.4. The van der Waals surface area contributed by atoms with Crippen molar-refractivity contribution >= 4 is 44.6 Å². The van der Waals surface area contributed by atoms with Crippen LogP contribution in [0.5, 0.6) is 17.4 Å². The standard InChI is InChI=1S/C43H59F2N5O11S/c1-25-11-9-10-12-27-22-43(27,38(53)48-62(56,57)41(5)15-16-41)47-35(51)32-21-29(61-36-30-14-13-28(59-8)20-31(30)33(23-46-36)60-18-17-58-7)24-49(32)37(52)34(26(2)19-25)50(39(54)55)40(3,4)42(6,44)45/h10,12-14,20,23,25-27,29,32,34H,9,11,15-19,21-22,24H2,1-8H3,(H,47,51)(H,48,53)(H,54,55)/b12-10-/t25-,26+,27+,29+,32-,34-,43+/m0/s1. The molecule has 6 rings (SSSR count). The summed E-state index contributed by atoms with van der Waals surface area (Å²) in [7, 11) is -1.06. The average Bonchev–Trinajstić information content (AvgIpc) is 4.08. The smallest absolute Gasteiger partial charge is 0.408 e. The summed E-state index contributed by atoms with van der Waals surface area (Å²) in [6, 6.07) is 2.03. The maximum absolute atomic E-state index is 15.4. The average molecular weight is 892 g/mol. The third-order valence-corrected chi connectivity index (χ3v) is 15.4. The van der Waals surface area contributed by atoms with Crippen molar-refractivity contribution in [3.63, 3.8) is 0 Å². The molecule has 2 saturated carbocycles. The predicted octanol–water partition coefficient (Wildman–Crippen LogP) is 5.29. The monoisotopic (exact) mass is 891 g/mol. The van der Waals surface area contributed by atoms with Crippen LogP contribution in [0.1, 0.15) is 86.5 Å². The zero-order valence-electron chi connectivity index (χ0n) is 36.5. The third-order valence-electron chi connectivity index (χ3n) is 13.2. The van der Waals surface area contributed by atoms with Gasteiger partial charge in [0.05, 0.1) is 31.2 Å². The van der Waals surface area contributed by atoms with E-state index in [1.54, 1.807) is 31.2 Å². The number of carboxylic acid groups (broad SMARTS) is 1. The van der Waals surface area contributed by atoms with Crippen LogP contribution in [0.2, 0.25) is 0 Å². The van der Waals surface area contributed by atoms with Crippen LogP contribution in [0.25, 0.3) is 10.8 Å².